The summed E-state index contributed by atoms with van der Waals surface area (Å²) in [6, 6.07) is 12.0. The normalized spacial score (nSPS) is 11.6. The van der Waals surface area contributed by atoms with Crippen molar-refractivity contribution >= 4 is 35.0 Å². The van der Waals surface area contributed by atoms with Gasteiger partial charge in [-0.2, -0.15) is 0 Å². The van der Waals surface area contributed by atoms with E-state index in [0.717, 1.165) is 17.5 Å². The van der Waals surface area contributed by atoms with Crippen LogP contribution in [0, 0.1) is 6.92 Å². The lowest BCUT2D eigenvalue weighted by molar-refractivity contribution is -0.143. The number of hydrogen-bond acceptors (Lipinski definition) is 3. The third-order valence-electron chi connectivity index (χ3n) is 4.66. The second kappa shape index (κ2) is 11.8. The fraction of sp³-hybridized carbons (Fsp3) is 0.391. The van der Waals surface area contributed by atoms with Crippen molar-refractivity contribution in [3.05, 3.63) is 63.6 Å². The average Bonchev–Trinajstić information content (AvgIpc) is 2.74. The minimum absolute atomic E-state index is 0.165. The monoisotopic (exact) mass is 450 g/mol. The number of hydrogen-bond donors (Lipinski definition) is 1. The van der Waals surface area contributed by atoms with Crippen LogP contribution in [0.15, 0.2) is 42.5 Å². The van der Waals surface area contributed by atoms with Gasteiger partial charge in [0, 0.05) is 13.1 Å². The summed E-state index contributed by atoms with van der Waals surface area (Å²) in [4.78, 5) is 27.3. The highest BCUT2D eigenvalue weighted by Crippen LogP contribution is 2.24. The summed E-state index contributed by atoms with van der Waals surface area (Å²) in [6.07, 6.45) is 1.30. The van der Waals surface area contributed by atoms with Gasteiger partial charge in [-0.05, 0) is 49.6 Å². The first-order valence-electron chi connectivity index (χ1n) is 10.1. The first kappa shape index (κ1) is 24.0. The van der Waals surface area contributed by atoms with Crippen LogP contribution in [0.3, 0.4) is 0 Å². The molecular formula is C23H28Cl2N2O3. The van der Waals surface area contributed by atoms with Crippen LogP contribution in [0.1, 0.15) is 37.8 Å². The number of aryl methyl sites for hydroxylation is 1. The Bertz CT molecular complexity index is 856. The summed E-state index contributed by atoms with van der Waals surface area (Å²) >= 11 is 12.1. The maximum atomic E-state index is 13.1. The van der Waals surface area contributed by atoms with Crippen LogP contribution in [-0.4, -0.2) is 35.9 Å². The van der Waals surface area contributed by atoms with Crippen LogP contribution < -0.4 is 10.1 Å². The number of rotatable bonds is 10. The standard InChI is InChI=1S/C23H28Cl2N2O3/c1-4-12-26-23(29)21(5-2)27(14-17-8-11-19(24)20(25)13-17)22(28)15-30-18-9-6-16(3)7-10-18/h6-11,13,21H,4-5,12,14-15H2,1-3H3,(H,26,29). The van der Waals surface area contributed by atoms with Crippen molar-refractivity contribution in [3.8, 4) is 5.75 Å². The highest BCUT2D eigenvalue weighted by atomic mass is 35.5. The minimum atomic E-state index is -0.611. The lowest BCUT2D eigenvalue weighted by Gasteiger charge is -2.30. The average molecular weight is 451 g/mol. The number of amides is 2. The smallest absolute Gasteiger partial charge is 0.261 e. The molecule has 0 aliphatic carbocycles. The van der Waals surface area contributed by atoms with Gasteiger partial charge in [-0.3, -0.25) is 9.59 Å². The molecule has 0 saturated carbocycles. The Morgan fingerprint density at radius 1 is 1.07 bits per heavy atom. The molecule has 2 amide bonds. The van der Waals surface area contributed by atoms with Crippen LogP contribution in [-0.2, 0) is 16.1 Å². The zero-order chi connectivity index (χ0) is 22.1. The summed E-state index contributed by atoms with van der Waals surface area (Å²) < 4.78 is 5.67. The summed E-state index contributed by atoms with van der Waals surface area (Å²) in [5.74, 6) is 0.148. The number of nitrogens with zero attached hydrogens (tertiary/aromatic N) is 1. The maximum absolute atomic E-state index is 13.1. The Kier molecular flexibility index (Phi) is 9.47. The van der Waals surface area contributed by atoms with Crippen molar-refractivity contribution in [1.29, 1.82) is 0 Å². The molecule has 1 atom stereocenters. The number of benzene rings is 2. The van der Waals surface area contributed by atoms with Crippen LogP contribution in [0.25, 0.3) is 0 Å². The van der Waals surface area contributed by atoms with E-state index in [1.807, 2.05) is 45.0 Å². The van der Waals surface area contributed by atoms with Gasteiger partial charge in [-0.25, -0.2) is 0 Å². The fourth-order valence-electron chi connectivity index (χ4n) is 2.98. The predicted molar refractivity (Wildman–Crippen MR) is 121 cm³/mol. The third-order valence-corrected chi connectivity index (χ3v) is 5.39. The molecule has 30 heavy (non-hydrogen) atoms. The van der Waals surface area contributed by atoms with Gasteiger partial charge < -0.3 is 15.0 Å². The Morgan fingerprint density at radius 3 is 2.37 bits per heavy atom. The Morgan fingerprint density at radius 2 is 1.77 bits per heavy atom. The Labute approximate surface area is 188 Å². The van der Waals surface area contributed by atoms with Crippen molar-refractivity contribution in [2.75, 3.05) is 13.2 Å². The van der Waals surface area contributed by atoms with Gasteiger partial charge in [0.15, 0.2) is 6.61 Å². The molecule has 0 aliphatic rings. The number of halogens is 2. The molecule has 0 fully saturated rings. The van der Waals surface area contributed by atoms with E-state index in [0.29, 0.717) is 28.8 Å². The molecule has 0 radical (unpaired) electrons. The van der Waals surface area contributed by atoms with Crippen LogP contribution in [0.4, 0.5) is 0 Å². The first-order valence-corrected chi connectivity index (χ1v) is 10.8. The molecule has 1 N–H and O–H groups in total. The summed E-state index contributed by atoms with van der Waals surface area (Å²) in [5, 5.41) is 3.73. The number of carbonyl (C=O) groups excluding carboxylic acids is 2. The van der Waals surface area contributed by atoms with E-state index < -0.39 is 6.04 Å². The third kappa shape index (κ3) is 6.92. The molecule has 0 aliphatic heterocycles. The van der Waals surface area contributed by atoms with Crippen molar-refractivity contribution in [2.45, 2.75) is 46.2 Å². The van der Waals surface area contributed by atoms with Crippen molar-refractivity contribution < 1.29 is 14.3 Å². The molecule has 7 heteroatoms. The van der Waals surface area contributed by atoms with E-state index in [1.165, 1.54) is 0 Å². The van der Waals surface area contributed by atoms with E-state index in [2.05, 4.69) is 5.32 Å². The fourth-order valence-corrected chi connectivity index (χ4v) is 3.30. The van der Waals surface area contributed by atoms with Gasteiger partial charge in [0.25, 0.3) is 5.91 Å². The molecule has 162 valence electrons. The van der Waals surface area contributed by atoms with E-state index in [4.69, 9.17) is 27.9 Å². The molecule has 0 aromatic heterocycles. The molecular weight excluding hydrogens is 423 g/mol. The van der Waals surface area contributed by atoms with Gasteiger partial charge in [0.2, 0.25) is 5.91 Å². The predicted octanol–water partition coefficient (Wildman–Crippen LogP) is 5.01. The maximum Gasteiger partial charge on any atom is 0.261 e. The second-order valence-corrected chi connectivity index (χ2v) is 7.90. The van der Waals surface area contributed by atoms with Gasteiger partial charge in [-0.1, -0.05) is 60.8 Å². The zero-order valence-electron chi connectivity index (χ0n) is 17.6. The van der Waals surface area contributed by atoms with Crippen molar-refractivity contribution in [3.63, 3.8) is 0 Å². The molecule has 2 rings (SSSR count). The van der Waals surface area contributed by atoms with Crippen molar-refractivity contribution in [2.24, 2.45) is 0 Å². The first-order chi connectivity index (χ1) is 14.3. The molecule has 0 bridgehead atoms. The van der Waals surface area contributed by atoms with Crippen LogP contribution >= 0.6 is 23.2 Å². The highest BCUT2D eigenvalue weighted by molar-refractivity contribution is 6.42. The van der Waals surface area contributed by atoms with E-state index in [1.54, 1.807) is 23.1 Å². The van der Waals surface area contributed by atoms with Gasteiger partial charge >= 0.3 is 0 Å². The van der Waals surface area contributed by atoms with E-state index >= 15 is 0 Å². The van der Waals surface area contributed by atoms with Gasteiger partial charge in [-0.15, -0.1) is 0 Å². The zero-order valence-corrected chi connectivity index (χ0v) is 19.1. The summed E-state index contributed by atoms with van der Waals surface area (Å²) in [7, 11) is 0. The highest BCUT2D eigenvalue weighted by Gasteiger charge is 2.28. The molecule has 0 saturated heterocycles. The molecule has 2 aromatic rings. The van der Waals surface area contributed by atoms with Gasteiger partial charge in [0.05, 0.1) is 10.0 Å². The lowest BCUT2D eigenvalue weighted by atomic mass is 10.1. The SMILES string of the molecule is CCCNC(=O)C(CC)N(Cc1ccc(Cl)c(Cl)c1)C(=O)COc1ccc(C)cc1. The molecule has 2 aromatic carbocycles. The minimum Gasteiger partial charge on any atom is -0.484 e. The Balaban J connectivity index is 2.21. The topological polar surface area (TPSA) is 58.6 Å². The van der Waals surface area contributed by atoms with E-state index in [9.17, 15) is 9.59 Å². The molecule has 0 heterocycles. The summed E-state index contributed by atoms with van der Waals surface area (Å²) in [6.45, 7) is 6.47. The van der Waals surface area contributed by atoms with Crippen LogP contribution in [0.5, 0.6) is 5.75 Å². The molecule has 1 unspecified atom stereocenters. The summed E-state index contributed by atoms with van der Waals surface area (Å²) in [5.41, 5.74) is 1.89. The van der Waals surface area contributed by atoms with Crippen molar-refractivity contribution in [1.82, 2.24) is 10.2 Å². The lowest BCUT2D eigenvalue weighted by Crippen LogP contribution is -2.50. The molecule has 5 nitrogen and oxygen atoms in total. The molecule has 0 spiro atoms. The number of ether oxygens (including phenoxy) is 1. The van der Waals surface area contributed by atoms with Gasteiger partial charge in [0.1, 0.15) is 11.8 Å². The van der Waals surface area contributed by atoms with E-state index in [-0.39, 0.29) is 25.0 Å². The second-order valence-electron chi connectivity index (χ2n) is 7.09. The number of nitrogens with one attached hydrogen (secondary N) is 1. The number of carbonyl (C=O) groups is 2. The largest absolute Gasteiger partial charge is 0.484 e. The Hall–Kier alpha value is -2.24. The van der Waals surface area contributed by atoms with Crippen LogP contribution in [0.2, 0.25) is 10.0 Å². The quantitative estimate of drug-likeness (QED) is 0.552.